The molecule has 0 unspecified atom stereocenters. The van der Waals surface area contributed by atoms with Gasteiger partial charge in [0.2, 0.25) is 0 Å². The second kappa shape index (κ2) is 3.56. The lowest BCUT2D eigenvalue weighted by atomic mass is 10.2. The van der Waals surface area contributed by atoms with Gasteiger partial charge in [-0.3, -0.25) is 0 Å². The summed E-state index contributed by atoms with van der Waals surface area (Å²) in [4.78, 5) is 7.73. The minimum atomic E-state index is 1.00. The van der Waals surface area contributed by atoms with E-state index in [1.807, 2.05) is 0 Å². The summed E-state index contributed by atoms with van der Waals surface area (Å²) in [6.45, 7) is 6.39. The van der Waals surface area contributed by atoms with Crippen molar-refractivity contribution in [3.63, 3.8) is 0 Å². The van der Waals surface area contributed by atoms with Crippen LogP contribution in [0.25, 0.3) is 0 Å². The van der Waals surface area contributed by atoms with Crippen LogP contribution in [0.5, 0.6) is 0 Å². The van der Waals surface area contributed by atoms with E-state index in [0.29, 0.717) is 0 Å². The van der Waals surface area contributed by atoms with Gasteiger partial charge in [-0.2, -0.15) is 0 Å². The number of nitrogens with zero attached hydrogens (tertiary/aromatic N) is 1. The van der Waals surface area contributed by atoms with Crippen molar-refractivity contribution in [3.05, 3.63) is 17.2 Å². The average Bonchev–Trinajstić information content (AvgIpc) is 2.33. The molecule has 1 aromatic rings. The Balaban J connectivity index is 2.79. The van der Waals surface area contributed by atoms with Gasteiger partial charge in [0, 0.05) is 12.1 Å². The quantitative estimate of drug-likeness (QED) is 0.707. The maximum Gasteiger partial charge on any atom is 0.106 e. The molecule has 0 aliphatic carbocycles. The highest BCUT2D eigenvalue weighted by molar-refractivity contribution is 5.12. The van der Waals surface area contributed by atoms with Crippen molar-refractivity contribution in [1.29, 1.82) is 0 Å². The highest BCUT2D eigenvalue weighted by atomic mass is 14.9. The van der Waals surface area contributed by atoms with Gasteiger partial charge in [-0.25, -0.2) is 4.98 Å². The molecule has 0 fully saturated rings. The van der Waals surface area contributed by atoms with Gasteiger partial charge >= 0.3 is 0 Å². The maximum atomic E-state index is 4.46. The highest BCUT2D eigenvalue weighted by Crippen LogP contribution is 2.07. The first-order chi connectivity index (χ1) is 5.27. The first kappa shape index (κ1) is 8.31. The van der Waals surface area contributed by atoms with E-state index in [1.165, 1.54) is 17.8 Å². The molecule has 0 aromatic carbocycles. The van der Waals surface area contributed by atoms with Crippen molar-refractivity contribution < 1.29 is 0 Å². The second-order valence-corrected chi connectivity index (χ2v) is 2.86. The minimum absolute atomic E-state index is 1.00. The lowest BCUT2D eigenvalue weighted by Crippen LogP contribution is -1.86. The lowest BCUT2D eigenvalue weighted by Gasteiger charge is -1.90. The van der Waals surface area contributed by atoms with E-state index in [-0.39, 0.29) is 0 Å². The molecule has 0 aliphatic heterocycles. The fourth-order valence-electron chi connectivity index (χ4n) is 1.21. The monoisotopic (exact) mass is 152 g/mol. The van der Waals surface area contributed by atoms with Crippen molar-refractivity contribution in [3.8, 4) is 0 Å². The van der Waals surface area contributed by atoms with Crippen molar-refractivity contribution >= 4 is 0 Å². The summed E-state index contributed by atoms with van der Waals surface area (Å²) in [5.74, 6) is 1.12. The lowest BCUT2D eigenvalue weighted by molar-refractivity contribution is 0.873. The van der Waals surface area contributed by atoms with Gasteiger partial charge in [-0.15, -0.1) is 0 Å². The summed E-state index contributed by atoms with van der Waals surface area (Å²) in [6, 6.07) is 0. The molecule has 0 aliphatic rings. The molecular formula is C9H16N2. The van der Waals surface area contributed by atoms with Crippen LogP contribution in [0.2, 0.25) is 0 Å². The molecule has 1 N–H and O–H groups in total. The largest absolute Gasteiger partial charge is 0.346 e. The third kappa shape index (κ3) is 1.82. The Bertz CT molecular complexity index is 225. The SMILES string of the molecule is CCCc1nc(CC)[nH]c1C. The molecule has 0 bridgehead atoms. The zero-order valence-corrected chi connectivity index (χ0v) is 7.57. The van der Waals surface area contributed by atoms with Crippen LogP contribution in [0.3, 0.4) is 0 Å². The zero-order valence-electron chi connectivity index (χ0n) is 7.57. The average molecular weight is 152 g/mol. The van der Waals surface area contributed by atoms with Crippen LogP contribution < -0.4 is 0 Å². The summed E-state index contributed by atoms with van der Waals surface area (Å²) >= 11 is 0. The fraction of sp³-hybridized carbons (Fsp3) is 0.667. The second-order valence-electron chi connectivity index (χ2n) is 2.86. The van der Waals surface area contributed by atoms with E-state index < -0.39 is 0 Å². The molecule has 2 heteroatoms. The standard InChI is InChI=1S/C9H16N2/c1-4-6-8-7(3)10-9(5-2)11-8/h4-6H2,1-3H3,(H,10,11). The van der Waals surface area contributed by atoms with Crippen molar-refractivity contribution in [2.24, 2.45) is 0 Å². The van der Waals surface area contributed by atoms with Crippen LogP contribution in [0, 0.1) is 6.92 Å². The molecule has 0 spiro atoms. The number of aryl methyl sites for hydroxylation is 3. The Morgan fingerprint density at radius 2 is 2.09 bits per heavy atom. The number of H-pyrrole nitrogens is 1. The van der Waals surface area contributed by atoms with E-state index in [0.717, 1.165) is 18.7 Å². The summed E-state index contributed by atoms with van der Waals surface area (Å²) in [5, 5.41) is 0. The Morgan fingerprint density at radius 1 is 1.36 bits per heavy atom. The first-order valence-electron chi connectivity index (χ1n) is 4.32. The van der Waals surface area contributed by atoms with Crippen LogP contribution in [0.4, 0.5) is 0 Å². The number of hydrogen-bond donors (Lipinski definition) is 1. The van der Waals surface area contributed by atoms with Crippen LogP contribution in [0.15, 0.2) is 0 Å². The molecule has 0 saturated heterocycles. The molecule has 0 saturated carbocycles. The molecule has 2 nitrogen and oxygen atoms in total. The van der Waals surface area contributed by atoms with E-state index in [4.69, 9.17) is 0 Å². The Morgan fingerprint density at radius 3 is 2.55 bits per heavy atom. The van der Waals surface area contributed by atoms with E-state index in [1.54, 1.807) is 0 Å². The number of imidazole rings is 1. The van der Waals surface area contributed by atoms with Crippen LogP contribution in [0.1, 0.15) is 37.5 Å². The van der Waals surface area contributed by atoms with Gasteiger partial charge in [-0.1, -0.05) is 20.3 Å². The van der Waals surface area contributed by atoms with Gasteiger partial charge in [-0.05, 0) is 13.3 Å². The third-order valence-electron chi connectivity index (χ3n) is 1.86. The molecule has 0 atom stereocenters. The zero-order chi connectivity index (χ0) is 8.27. The smallest absolute Gasteiger partial charge is 0.106 e. The summed E-state index contributed by atoms with van der Waals surface area (Å²) in [7, 11) is 0. The molecule has 62 valence electrons. The van der Waals surface area contributed by atoms with Gasteiger partial charge in [0.05, 0.1) is 5.69 Å². The van der Waals surface area contributed by atoms with Gasteiger partial charge in [0.1, 0.15) is 5.82 Å². The van der Waals surface area contributed by atoms with Gasteiger partial charge in [0.15, 0.2) is 0 Å². The van der Waals surface area contributed by atoms with Crippen LogP contribution >= 0.6 is 0 Å². The summed E-state index contributed by atoms with van der Waals surface area (Å²) < 4.78 is 0. The third-order valence-corrected chi connectivity index (χ3v) is 1.86. The molecule has 1 heterocycles. The number of hydrogen-bond acceptors (Lipinski definition) is 1. The fourth-order valence-corrected chi connectivity index (χ4v) is 1.21. The van der Waals surface area contributed by atoms with Crippen molar-refractivity contribution in [2.75, 3.05) is 0 Å². The van der Waals surface area contributed by atoms with Gasteiger partial charge < -0.3 is 4.98 Å². The molecular weight excluding hydrogens is 136 g/mol. The van der Waals surface area contributed by atoms with Crippen molar-refractivity contribution in [2.45, 2.75) is 40.0 Å². The predicted octanol–water partition coefficient (Wildman–Crippen LogP) is 2.23. The number of aromatic amines is 1. The molecule has 11 heavy (non-hydrogen) atoms. The maximum absolute atomic E-state index is 4.46. The van der Waals surface area contributed by atoms with E-state index >= 15 is 0 Å². The molecule has 1 rings (SSSR count). The Kier molecular flexibility index (Phi) is 2.69. The van der Waals surface area contributed by atoms with E-state index in [2.05, 4.69) is 30.7 Å². The van der Waals surface area contributed by atoms with Crippen molar-refractivity contribution in [1.82, 2.24) is 9.97 Å². The number of nitrogens with one attached hydrogen (secondary N) is 1. The van der Waals surface area contributed by atoms with Gasteiger partial charge in [0.25, 0.3) is 0 Å². The molecule has 0 radical (unpaired) electrons. The Labute approximate surface area is 68.0 Å². The Hall–Kier alpha value is -0.790. The number of rotatable bonds is 3. The summed E-state index contributed by atoms with van der Waals surface area (Å²) in [5.41, 5.74) is 2.48. The molecule has 1 aromatic heterocycles. The summed E-state index contributed by atoms with van der Waals surface area (Å²) in [6.07, 6.45) is 3.28. The number of aromatic nitrogens is 2. The topological polar surface area (TPSA) is 28.7 Å². The first-order valence-corrected chi connectivity index (χ1v) is 4.32. The highest BCUT2D eigenvalue weighted by Gasteiger charge is 2.02. The normalized spacial score (nSPS) is 10.5. The van der Waals surface area contributed by atoms with Crippen LogP contribution in [-0.2, 0) is 12.8 Å². The minimum Gasteiger partial charge on any atom is -0.346 e. The van der Waals surface area contributed by atoms with Crippen LogP contribution in [-0.4, -0.2) is 9.97 Å². The predicted molar refractivity (Wildman–Crippen MR) is 46.7 cm³/mol. The van der Waals surface area contributed by atoms with E-state index in [9.17, 15) is 0 Å². The molecule has 0 amide bonds.